The zero-order chi connectivity index (χ0) is 40.2. The molecule has 2 aliphatic heterocycles. The Bertz CT molecular complexity index is 3090. The maximum Gasteiger partial charge on any atom is 0.159 e. The first-order valence-corrected chi connectivity index (χ1v) is 20.8. The number of aliphatic imine (C=N–C) groups is 2. The number of ether oxygens (including phenoxy) is 1. The maximum absolute atomic E-state index is 6.79. The highest BCUT2D eigenvalue weighted by Gasteiger charge is 2.51. The molecule has 0 saturated heterocycles. The number of rotatable bonds is 4. The molecular formula is C56H41N3O. The van der Waals surface area contributed by atoms with E-state index in [1.165, 1.54) is 44.5 Å². The van der Waals surface area contributed by atoms with Gasteiger partial charge in [0.1, 0.15) is 23.5 Å². The van der Waals surface area contributed by atoms with Crippen LogP contribution < -0.4 is 4.74 Å². The molecule has 2 heterocycles. The maximum atomic E-state index is 6.79. The molecule has 4 aliphatic rings. The van der Waals surface area contributed by atoms with Crippen LogP contribution >= 0.6 is 0 Å². The van der Waals surface area contributed by atoms with E-state index in [4.69, 9.17) is 14.7 Å². The molecule has 0 aromatic heterocycles. The summed E-state index contributed by atoms with van der Waals surface area (Å²) in [5, 5.41) is 0. The number of fused-ring (bicyclic) bond motifs is 12. The van der Waals surface area contributed by atoms with Crippen LogP contribution in [-0.4, -0.2) is 23.6 Å². The van der Waals surface area contributed by atoms with Crippen LogP contribution in [0.1, 0.15) is 70.1 Å². The van der Waals surface area contributed by atoms with Crippen LogP contribution in [0.15, 0.2) is 198 Å². The largest absolute Gasteiger partial charge is 0.457 e. The third-order valence-electron chi connectivity index (χ3n) is 13.4. The molecule has 8 aromatic carbocycles. The summed E-state index contributed by atoms with van der Waals surface area (Å²) >= 11 is 0. The molecule has 1 spiro atoms. The van der Waals surface area contributed by atoms with Crippen LogP contribution in [0.4, 0.5) is 0 Å². The van der Waals surface area contributed by atoms with Gasteiger partial charge in [0, 0.05) is 34.7 Å². The third-order valence-corrected chi connectivity index (χ3v) is 13.4. The number of benzene rings is 8. The quantitative estimate of drug-likeness (QED) is 0.179. The van der Waals surface area contributed by atoms with Gasteiger partial charge in [0.15, 0.2) is 5.84 Å². The molecule has 0 radical (unpaired) electrons. The van der Waals surface area contributed by atoms with E-state index in [-0.39, 0.29) is 11.6 Å². The van der Waals surface area contributed by atoms with Crippen molar-refractivity contribution in [2.24, 2.45) is 9.98 Å². The summed E-state index contributed by atoms with van der Waals surface area (Å²) < 4.78 is 6.79. The van der Waals surface area contributed by atoms with Crippen LogP contribution in [0.5, 0.6) is 11.5 Å². The Morgan fingerprint density at radius 2 is 0.967 bits per heavy atom. The van der Waals surface area contributed by atoms with Crippen molar-refractivity contribution in [3.8, 4) is 44.9 Å². The lowest BCUT2D eigenvalue weighted by molar-refractivity contribution is 0.383. The highest BCUT2D eigenvalue weighted by atomic mass is 16.5. The van der Waals surface area contributed by atoms with Crippen molar-refractivity contribution in [2.45, 2.75) is 30.8 Å². The van der Waals surface area contributed by atoms with Crippen LogP contribution in [0.2, 0.25) is 0 Å². The van der Waals surface area contributed by atoms with Crippen LogP contribution in [0.25, 0.3) is 33.4 Å². The second-order valence-corrected chi connectivity index (χ2v) is 16.9. The summed E-state index contributed by atoms with van der Waals surface area (Å²) in [6.45, 7) is 4.65. The van der Waals surface area contributed by atoms with Gasteiger partial charge in [0.2, 0.25) is 0 Å². The van der Waals surface area contributed by atoms with E-state index >= 15 is 0 Å². The number of para-hydroxylation sites is 1. The lowest BCUT2D eigenvalue weighted by Crippen LogP contribution is -2.36. The molecule has 12 rings (SSSR count). The van der Waals surface area contributed by atoms with Crippen molar-refractivity contribution >= 4 is 11.7 Å². The topological polar surface area (TPSA) is 37.2 Å². The Balaban J connectivity index is 1.04. The lowest BCUT2D eigenvalue weighted by Gasteiger charge is -2.39. The highest BCUT2D eigenvalue weighted by molar-refractivity contribution is 6.15. The minimum Gasteiger partial charge on any atom is -0.457 e. The predicted molar refractivity (Wildman–Crippen MR) is 243 cm³/mol. The summed E-state index contributed by atoms with van der Waals surface area (Å²) in [4.78, 5) is 13.1. The van der Waals surface area contributed by atoms with E-state index in [1.807, 2.05) is 0 Å². The second kappa shape index (κ2) is 12.8. The highest BCUT2D eigenvalue weighted by Crippen LogP contribution is 2.62. The Morgan fingerprint density at radius 1 is 0.450 bits per heavy atom. The molecule has 0 saturated carbocycles. The van der Waals surface area contributed by atoms with Gasteiger partial charge in [-0.3, -0.25) is 0 Å². The Kier molecular flexibility index (Phi) is 7.43. The molecule has 2 aliphatic carbocycles. The monoisotopic (exact) mass is 771 g/mol. The molecule has 0 fully saturated rings. The number of hydrogen-bond acceptors (Lipinski definition) is 4. The minimum absolute atomic E-state index is 0.139. The van der Waals surface area contributed by atoms with Gasteiger partial charge >= 0.3 is 0 Å². The van der Waals surface area contributed by atoms with Crippen molar-refractivity contribution in [1.82, 2.24) is 4.90 Å². The molecule has 0 N–H and O–H groups in total. The van der Waals surface area contributed by atoms with Gasteiger partial charge in [-0.15, -0.1) is 0 Å². The van der Waals surface area contributed by atoms with Gasteiger partial charge in [-0.2, -0.15) is 0 Å². The van der Waals surface area contributed by atoms with E-state index in [1.54, 1.807) is 0 Å². The summed E-state index contributed by atoms with van der Waals surface area (Å²) in [6.07, 6.45) is -0.275. The average Bonchev–Trinajstić information content (AvgIpc) is 3.72. The smallest absolute Gasteiger partial charge is 0.159 e. The molecule has 0 amide bonds. The summed E-state index contributed by atoms with van der Waals surface area (Å²) in [7, 11) is 2.12. The fraction of sp³-hybridized carbons (Fsp3) is 0.107. The molecule has 0 bridgehead atoms. The molecule has 1 atom stereocenters. The zero-order valence-corrected chi connectivity index (χ0v) is 33.7. The van der Waals surface area contributed by atoms with Gasteiger partial charge in [-0.05, 0) is 85.5 Å². The van der Waals surface area contributed by atoms with E-state index in [0.29, 0.717) is 0 Å². The minimum atomic E-state index is -0.555. The van der Waals surface area contributed by atoms with Crippen LogP contribution in [0.3, 0.4) is 0 Å². The Morgan fingerprint density at radius 3 is 1.68 bits per heavy atom. The van der Waals surface area contributed by atoms with E-state index in [2.05, 4.69) is 214 Å². The molecule has 4 heteroatoms. The number of nitrogens with zero attached hydrogens (tertiary/aromatic N) is 3. The van der Waals surface area contributed by atoms with E-state index in [9.17, 15) is 0 Å². The predicted octanol–water partition coefficient (Wildman–Crippen LogP) is 13.0. The Labute approximate surface area is 350 Å². The van der Waals surface area contributed by atoms with Crippen molar-refractivity contribution < 1.29 is 4.74 Å². The molecule has 8 aromatic rings. The van der Waals surface area contributed by atoms with Gasteiger partial charge in [-0.25, -0.2) is 9.98 Å². The summed E-state index contributed by atoms with van der Waals surface area (Å²) in [5.41, 5.74) is 17.3. The first kappa shape index (κ1) is 34.7. The van der Waals surface area contributed by atoms with Crippen molar-refractivity contribution in [2.75, 3.05) is 7.05 Å². The number of hydrogen-bond donors (Lipinski definition) is 0. The van der Waals surface area contributed by atoms with E-state index in [0.717, 1.165) is 62.1 Å². The fourth-order valence-corrected chi connectivity index (χ4v) is 10.6. The molecular weight excluding hydrogens is 731 g/mol. The van der Waals surface area contributed by atoms with E-state index < -0.39 is 5.41 Å². The van der Waals surface area contributed by atoms with Crippen molar-refractivity contribution in [3.05, 3.63) is 238 Å². The van der Waals surface area contributed by atoms with Gasteiger partial charge < -0.3 is 9.64 Å². The molecule has 1 unspecified atom stereocenters. The summed E-state index contributed by atoms with van der Waals surface area (Å²) in [5.74, 6) is 3.36. The zero-order valence-electron chi connectivity index (χ0n) is 33.7. The Hall–Kier alpha value is -7.30. The first-order chi connectivity index (χ1) is 29.4. The lowest BCUT2D eigenvalue weighted by atomic mass is 9.65. The summed E-state index contributed by atoms with van der Waals surface area (Å²) in [6, 6.07) is 67.9. The number of amidine groups is 2. The fourth-order valence-electron chi connectivity index (χ4n) is 10.6. The van der Waals surface area contributed by atoms with Crippen LogP contribution in [-0.2, 0) is 10.8 Å². The van der Waals surface area contributed by atoms with Crippen molar-refractivity contribution in [1.29, 1.82) is 0 Å². The molecule has 4 nitrogen and oxygen atoms in total. The normalized spacial score (nSPS) is 17.0. The standard InChI is InChI=1S/C56H41N3O/c1-55(2)44-24-12-9-20-39(44)42-31-29-37(34-48(42)55)52-57-53(35-17-5-4-6-18-35)59(3)54(58-52)43-23-8-7-19-38(43)36-30-32-51-49(33-36)56(47-27-15-16-28-50(47)60-51)45-25-13-10-21-40(45)41-22-11-14-26-46(41)56/h4-34,53H,1-3H3. The molecule has 286 valence electrons. The van der Waals surface area contributed by atoms with Gasteiger partial charge in [0.25, 0.3) is 0 Å². The molecule has 60 heavy (non-hydrogen) atoms. The van der Waals surface area contributed by atoms with Crippen LogP contribution in [0, 0.1) is 0 Å². The average molecular weight is 772 g/mol. The SMILES string of the molecule is CN1C(c2ccccc2-c2ccc3c(c2)C2(c4ccccc4O3)c3ccccc3-c3ccccc32)=NC(c2ccc3c(c2)C(C)(C)c2ccccc2-3)=NC1c1ccccc1. The first-order valence-electron chi connectivity index (χ1n) is 20.8. The van der Waals surface area contributed by atoms with Gasteiger partial charge in [-0.1, -0.05) is 178 Å². The third kappa shape index (κ3) is 4.79. The van der Waals surface area contributed by atoms with Gasteiger partial charge in [0.05, 0.1) is 5.41 Å². The van der Waals surface area contributed by atoms with Crippen molar-refractivity contribution in [3.63, 3.8) is 0 Å². The second-order valence-electron chi connectivity index (χ2n) is 16.9.